The zero-order valence-corrected chi connectivity index (χ0v) is 21.0. The molecular weight excluding hydrogens is 480 g/mol. The molecule has 0 radical (unpaired) electrons. The summed E-state index contributed by atoms with van der Waals surface area (Å²) in [6, 6.07) is 18.2. The molecule has 38 heavy (non-hydrogen) atoms. The number of fused-ring (bicyclic) bond motifs is 1. The molecule has 9 heteroatoms. The summed E-state index contributed by atoms with van der Waals surface area (Å²) in [5.74, 6) is 1.22. The maximum atomic E-state index is 13.0. The molecule has 0 unspecified atom stereocenters. The largest absolute Gasteiger partial charge is 0.438 e. The molecule has 0 bridgehead atoms. The lowest BCUT2D eigenvalue weighted by Gasteiger charge is -2.34. The topological polar surface area (TPSA) is 124 Å². The Kier molecular flexibility index (Phi) is 6.29. The minimum absolute atomic E-state index is 0.00742. The number of anilines is 2. The molecule has 2 amide bonds. The Bertz CT molecular complexity index is 1500. The van der Waals surface area contributed by atoms with Crippen LogP contribution in [0.15, 0.2) is 66.9 Å². The van der Waals surface area contributed by atoms with Gasteiger partial charge in [0.25, 0.3) is 5.91 Å². The number of carbonyl (C=O) groups excluding carboxylic acids is 2. The Labute approximate surface area is 220 Å². The number of nitrogens with one attached hydrogen (secondary N) is 2. The molecule has 4 aromatic rings. The van der Waals surface area contributed by atoms with Gasteiger partial charge >= 0.3 is 0 Å². The highest BCUT2D eigenvalue weighted by molar-refractivity contribution is 6.04. The smallest absolute Gasteiger partial charge is 0.255 e. The van der Waals surface area contributed by atoms with Crippen molar-refractivity contribution in [3.8, 4) is 11.6 Å². The van der Waals surface area contributed by atoms with Crippen molar-refractivity contribution in [1.82, 2.24) is 14.6 Å². The zero-order chi connectivity index (χ0) is 26.1. The molecule has 0 spiro atoms. The van der Waals surface area contributed by atoms with Gasteiger partial charge in [0.15, 0.2) is 11.5 Å². The second kappa shape index (κ2) is 9.90. The van der Waals surface area contributed by atoms with Gasteiger partial charge in [-0.3, -0.25) is 9.59 Å². The fourth-order valence-corrected chi connectivity index (χ4v) is 4.96. The number of aromatic nitrogens is 3. The molecule has 2 aliphatic carbocycles. The fraction of sp³-hybridized carbons (Fsp3) is 0.310. The Morgan fingerprint density at radius 3 is 2.61 bits per heavy atom. The number of hydrogen-bond donors (Lipinski definition) is 3. The number of nitrogens with zero attached hydrogens (tertiary/aromatic N) is 3. The fourth-order valence-electron chi connectivity index (χ4n) is 4.96. The van der Waals surface area contributed by atoms with Crippen molar-refractivity contribution in [2.75, 3.05) is 10.6 Å². The minimum Gasteiger partial charge on any atom is -0.438 e. The Hall–Kier alpha value is -4.24. The number of nitrogens with two attached hydrogens (primary N) is 1. The van der Waals surface area contributed by atoms with Gasteiger partial charge in [0, 0.05) is 34.8 Å². The van der Waals surface area contributed by atoms with Crippen molar-refractivity contribution in [2.45, 2.75) is 50.5 Å². The van der Waals surface area contributed by atoms with E-state index in [1.54, 1.807) is 47.1 Å². The number of hydrogen-bond acceptors (Lipinski definition) is 6. The molecule has 6 rings (SSSR count). The van der Waals surface area contributed by atoms with Crippen molar-refractivity contribution in [2.24, 2.45) is 11.7 Å². The van der Waals surface area contributed by atoms with E-state index >= 15 is 0 Å². The van der Waals surface area contributed by atoms with E-state index in [9.17, 15) is 9.59 Å². The summed E-state index contributed by atoms with van der Waals surface area (Å²) in [6.45, 7) is 0. The van der Waals surface area contributed by atoms with E-state index < -0.39 is 0 Å². The highest BCUT2D eigenvalue weighted by atomic mass is 16.5. The predicted octanol–water partition coefficient (Wildman–Crippen LogP) is 5.24. The first kappa shape index (κ1) is 24.1. The number of benzene rings is 2. The van der Waals surface area contributed by atoms with Crippen molar-refractivity contribution in [3.63, 3.8) is 0 Å². The molecule has 194 valence electrons. The first-order valence-electron chi connectivity index (χ1n) is 13.1. The van der Waals surface area contributed by atoms with Gasteiger partial charge in [-0.15, -0.1) is 5.10 Å². The van der Waals surface area contributed by atoms with Crippen LogP contribution < -0.4 is 21.1 Å². The summed E-state index contributed by atoms with van der Waals surface area (Å²) in [5, 5.41) is 10.2. The molecule has 2 aliphatic rings. The number of ether oxygens (including phenoxy) is 1. The maximum Gasteiger partial charge on any atom is 0.255 e. The summed E-state index contributed by atoms with van der Waals surface area (Å²) in [4.78, 5) is 29.5. The van der Waals surface area contributed by atoms with Crippen LogP contribution in [0.3, 0.4) is 0 Å². The van der Waals surface area contributed by atoms with Gasteiger partial charge in [-0.25, -0.2) is 9.50 Å². The summed E-state index contributed by atoms with van der Waals surface area (Å²) >= 11 is 0. The molecule has 0 atom stereocenters. The molecule has 2 fully saturated rings. The van der Waals surface area contributed by atoms with Crippen molar-refractivity contribution >= 4 is 29.0 Å². The molecule has 2 aromatic heterocycles. The van der Waals surface area contributed by atoms with Gasteiger partial charge in [0.1, 0.15) is 5.75 Å². The average Bonchev–Trinajstić information content (AvgIpc) is 3.70. The van der Waals surface area contributed by atoms with Crippen LogP contribution in [0.1, 0.15) is 60.9 Å². The Morgan fingerprint density at radius 1 is 0.974 bits per heavy atom. The van der Waals surface area contributed by atoms with Gasteiger partial charge < -0.3 is 21.1 Å². The van der Waals surface area contributed by atoms with Crippen LogP contribution in [0, 0.1) is 5.92 Å². The third kappa shape index (κ3) is 5.24. The van der Waals surface area contributed by atoms with E-state index in [0.717, 1.165) is 44.1 Å². The van der Waals surface area contributed by atoms with Gasteiger partial charge in [0.05, 0.1) is 6.20 Å². The lowest BCUT2D eigenvalue weighted by atomic mass is 9.77. The maximum absolute atomic E-state index is 13.0. The summed E-state index contributed by atoms with van der Waals surface area (Å²) < 4.78 is 7.51. The molecule has 2 aromatic carbocycles. The van der Waals surface area contributed by atoms with Crippen LogP contribution in [-0.2, 0) is 10.3 Å². The highest BCUT2D eigenvalue weighted by Crippen LogP contribution is 2.35. The number of rotatable bonds is 7. The van der Waals surface area contributed by atoms with Gasteiger partial charge in [-0.05, 0) is 61.6 Å². The van der Waals surface area contributed by atoms with Crippen LogP contribution >= 0.6 is 0 Å². The van der Waals surface area contributed by atoms with Crippen molar-refractivity contribution < 1.29 is 14.3 Å². The van der Waals surface area contributed by atoms with E-state index in [4.69, 9.17) is 10.5 Å². The molecule has 4 N–H and O–H groups in total. The first-order valence-corrected chi connectivity index (χ1v) is 13.1. The molecule has 9 nitrogen and oxygen atoms in total. The van der Waals surface area contributed by atoms with Crippen LogP contribution in [0.4, 0.5) is 11.5 Å². The average molecular weight is 511 g/mol. The molecule has 2 heterocycles. The minimum atomic E-state index is -0.366. The second-order valence-electron chi connectivity index (χ2n) is 10.2. The van der Waals surface area contributed by atoms with Crippen LogP contribution in [0.5, 0.6) is 11.6 Å². The third-order valence-electron chi connectivity index (χ3n) is 7.25. The normalized spacial score (nSPS) is 16.7. The summed E-state index contributed by atoms with van der Waals surface area (Å²) in [7, 11) is 0. The second-order valence-corrected chi connectivity index (χ2v) is 10.2. The zero-order valence-electron chi connectivity index (χ0n) is 21.0. The van der Waals surface area contributed by atoms with Crippen molar-refractivity contribution in [3.05, 3.63) is 78.0 Å². The van der Waals surface area contributed by atoms with Gasteiger partial charge in [-0.1, -0.05) is 37.5 Å². The van der Waals surface area contributed by atoms with Crippen LogP contribution in [-0.4, -0.2) is 26.4 Å². The van der Waals surface area contributed by atoms with Gasteiger partial charge in [0.2, 0.25) is 11.8 Å². The standard InChI is InChI=1S/C29H30N6O3/c30-29(14-2-1-3-15-29)21-7-4-6-20(16-21)28(37)31-22-8-5-9-23(17-22)38-26-13-12-25-32-24(18-35(25)34-26)33-27(36)19-10-11-19/h4-9,12-13,16-19H,1-3,10-11,14-15,30H2,(H,31,37)(H,33,36). The summed E-state index contributed by atoms with van der Waals surface area (Å²) in [5.41, 5.74) is 9.11. The summed E-state index contributed by atoms with van der Waals surface area (Å²) in [6.07, 6.45) is 8.82. The van der Waals surface area contributed by atoms with Crippen LogP contribution in [0.2, 0.25) is 0 Å². The Balaban J connectivity index is 1.14. The number of amides is 2. The molecule has 0 saturated heterocycles. The molecule has 2 saturated carbocycles. The van der Waals surface area contributed by atoms with E-state index in [1.165, 1.54) is 6.42 Å². The van der Waals surface area contributed by atoms with E-state index in [1.807, 2.05) is 24.3 Å². The Morgan fingerprint density at radius 2 is 1.79 bits per heavy atom. The first-order chi connectivity index (χ1) is 18.4. The number of carbonyl (C=O) groups is 2. The monoisotopic (exact) mass is 510 g/mol. The predicted molar refractivity (Wildman–Crippen MR) is 144 cm³/mol. The van der Waals surface area contributed by atoms with E-state index in [0.29, 0.717) is 34.3 Å². The van der Waals surface area contributed by atoms with Gasteiger partial charge in [-0.2, -0.15) is 0 Å². The number of imidazole rings is 1. The third-order valence-corrected chi connectivity index (χ3v) is 7.25. The molecule has 0 aliphatic heterocycles. The highest BCUT2D eigenvalue weighted by Gasteiger charge is 2.30. The van der Waals surface area contributed by atoms with Crippen LogP contribution in [0.25, 0.3) is 5.65 Å². The van der Waals surface area contributed by atoms with Crippen molar-refractivity contribution in [1.29, 1.82) is 0 Å². The lowest BCUT2D eigenvalue weighted by Crippen LogP contribution is -2.38. The lowest BCUT2D eigenvalue weighted by molar-refractivity contribution is -0.117. The SMILES string of the molecule is NC1(c2cccc(C(=O)Nc3cccc(Oc4ccc5nc(NC(=O)C6CC6)cn5n4)c3)c2)CCCCC1. The quantitative estimate of drug-likeness (QED) is 0.312. The molecular formula is C29H30N6O3. The van der Waals surface area contributed by atoms with E-state index in [-0.39, 0.29) is 23.3 Å². The van der Waals surface area contributed by atoms with E-state index in [2.05, 4.69) is 20.7 Å².